The molecule has 2 aromatic rings. The van der Waals surface area contributed by atoms with Crippen molar-refractivity contribution in [3.8, 4) is 11.5 Å². The Hall–Kier alpha value is -2.59. The fraction of sp³-hybridized carbons (Fsp3) is 0.318. The second-order valence-electron chi connectivity index (χ2n) is 7.27. The minimum Gasteiger partial charge on any atom is -0.507 e. The number of ether oxygens (including phenoxy) is 1. The molecule has 0 radical (unpaired) electrons. The number of carbonyl (C=O) groups is 1. The van der Waals surface area contributed by atoms with Crippen LogP contribution in [-0.2, 0) is 6.54 Å². The monoisotopic (exact) mass is 349 g/mol. The lowest BCUT2D eigenvalue weighted by molar-refractivity contribution is 0.101. The van der Waals surface area contributed by atoms with Crippen molar-refractivity contribution in [2.45, 2.75) is 26.3 Å². The Labute approximate surface area is 153 Å². The van der Waals surface area contributed by atoms with E-state index in [1.165, 1.54) is 6.42 Å². The molecule has 4 nitrogen and oxygen atoms in total. The molecule has 4 rings (SSSR count). The first-order valence-electron chi connectivity index (χ1n) is 9.18. The van der Waals surface area contributed by atoms with Crippen molar-refractivity contribution >= 4 is 11.9 Å². The quantitative estimate of drug-likeness (QED) is 0.842. The molecule has 0 aliphatic carbocycles. The summed E-state index contributed by atoms with van der Waals surface area (Å²) in [5.74, 6) is 1.53. The third kappa shape index (κ3) is 3.25. The molecule has 0 bridgehead atoms. The van der Waals surface area contributed by atoms with E-state index in [4.69, 9.17) is 4.74 Å². The van der Waals surface area contributed by atoms with Crippen molar-refractivity contribution in [2.75, 3.05) is 13.1 Å². The molecule has 2 aliphatic rings. The Morgan fingerprint density at radius 2 is 2.04 bits per heavy atom. The number of nitrogens with zero attached hydrogens (tertiary/aromatic N) is 1. The predicted octanol–water partition coefficient (Wildman–Crippen LogP) is 4.24. The predicted molar refractivity (Wildman–Crippen MR) is 101 cm³/mol. The molecule has 2 aromatic carbocycles. The number of aromatic hydroxyl groups is 1. The summed E-state index contributed by atoms with van der Waals surface area (Å²) < 4.78 is 5.93. The van der Waals surface area contributed by atoms with Gasteiger partial charge in [0.25, 0.3) is 0 Å². The number of fused-ring (bicyclic) bond motifs is 1. The fourth-order valence-electron chi connectivity index (χ4n) is 3.80. The number of phenols is 1. The lowest BCUT2D eigenvalue weighted by Gasteiger charge is -2.31. The van der Waals surface area contributed by atoms with Crippen LogP contribution in [0.3, 0.4) is 0 Å². The standard InChI is InChI=1S/C22H23NO3/c1-15-6-5-11-23(13-15)14-18-19(24)10-9-17-21(25)20(26-22(17)18)12-16-7-3-2-4-8-16/h2-4,7-10,12,15,24H,5-6,11,13-14H2,1H3/b20-12-/t15-/m1/s1. The van der Waals surface area contributed by atoms with E-state index < -0.39 is 0 Å². The van der Waals surface area contributed by atoms with E-state index in [-0.39, 0.29) is 11.5 Å². The molecule has 1 atom stereocenters. The van der Waals surface area contributed by atoms with Gasteiger partial charge in [-0.05, 0) is 49.1 Å². The van der Waals surface area contributed by atoms with Crippen LogP contribution in [0.5, 0.6) is 11.5 Å². The van der Waals surface area contributed by atoms with Gasteiger partial charge in [0.2, 0.25) is 5.78 Å². The summed E-state index contributed by atoms with van der Waals surface area (Å²) >= 11 is 0. The number of likely N-dealkylation sites (tertiary alicyclic amines) is 1. The summed E-state index contributed by atoms with van der Waals surface area (Å²) in [5.41, 5.74) is 2.16. The third-order valence-corrected chi connectivity index (χ3v) is 5.14. The van der Waals surface area contributed by atoms with E-state index in [0.717, 1.165) is 25.1 Å². The maximum Gasteiger partial charge on any atom is 0.231 e. The number of ketones is 1. The molecule has 1 N–H and O–H groups in total. The average Bonchev–Trinajstić information content (AvgIpc) is 2.95. The number of Topliss-reactive ketones (excluding diaryl/α,β-unsaturated/α-hetero) is 1. The normalized spacial score (nSPS) is 21.7. The highest BCUT2D eigenvalue weighted by atomic mass is 16.5. The number of carbonyl (C=O) groups excluding carboxylic acids is 1. The van der Waals surface area contributed by atoms with Crippen LogP contribution in [0, 0.1) is 5.92 Å². The van der Waals surface area contributed by atoms with E-state index in [1.807, 2.05) is 30.3 Å². The second-order valence-corrected chi connectivity index (χ2v) is 7.27. The Morgan fingerprint density at radius 1 is 1.23 bits per heavy atom. The summed E-state index contributed by atoms with van der Waals surface area (Å²) in [6, 6.07) is 12.9. The number of hydrogen-bond acceptors (Lipinski definition) is 4. The van der Waals surface area contributed by atoms with E-state index in [9.17, 15) is 9.90 Å². The lowest BCUT2D eigenvalue weighted by Crippen LogP contribution is -2.33. The van der Waals surface area contributed by atoms with Gasteiger partial charge in [-0.3, -0.25) is 9.69 Å². The number of rotatable bonds is 3. The summed E-state index contributed by atoms with van der Waals surface area (Å²) in [4.78, 5) is 15.0. The SMILES string of the molecule is C[C@@H]1CCCN(Cc2c(O)ccc3c2O/C(=C\c2ccccc2)C3=O)C1. The van der Waals surface area contributed by atoms with Gasteiger partial charge in [0.05, 0.1) is 11.1 Å². The number of allylic oxidation sites excluding steroid dienone is 1. The summed E-state index contributed by atoms with van der Waals surface area (Å²) in [6.45, 7) is 4.87. The van der Waals surface area contributed by atoms with Gasteiger partial charge in [-0.1, -0.05) is 37.3 Å². The van der Waals surface area contributed by atoms with Gasteiger partial charge < -0.3 is 9.84 Å². The molecule has 4 heteroatoms. The molecule has 26 heavy (non-hydrogen) atoms. The van der Waals surface area contributed by atoms with Crippen LogP contribution < -0.4 is 4.74 Å². The Balaban J connectivity index is 1.64. The molecular formula is C22H23NO3. The van der Waals surface area contributed by atoms with Gasteiger partial charge in [0, 0.05) is 13.1 Å². The number of phenolic OH excluding ortho intramolecular Hbond substituents is 1. The molecule has 134 valence electrons. The Bertz CT molecular complexity index is 857. The smallest absolute Gasteiger partial charge is 0.231 e. The summed E-state index contributed by atoms with van der Waals surface area (Å²) in [6.07, 6.45) is 4.16. The largest absolute Gasteiger partial charge is 0.507 e. The van der Waals surface area contributed by atoms with Crippen LogP contribution in [0.4, 0.5) is 0 Å². The van der Waals surface area contributed by atoms with Crippen LogP contribution in [0.2, 0.25) is 0 Å². The van der Waals surface area contributed by atoms with Crippen molar-refractivity contribution in [3.63, 3.8) is 0 Å². The minimum absolute atomic E-state index is 0.128. The van der Waals surface area contributed by atoms with Crippen molar-refractivity contribution < 1.29 is 14.6 Å². The van der Waals surface area contributed by atoms with Gasteiger partial charge in [-0.2, -0.15) is 0 Å². The van der Waals surface area contributed by atoms with Gasteiger partial charge in [0.1, 0.15) is 11.5 Å². The van der Waals surface area contributed by atoms with E-state index in [2.05, 4.69) is 11.8 Å². The first-order valence-corrected chi connectivity index (χ1v) is 9.18. The average molecular weight is 349 g/mol. The summed E-state index contributed by atoms with van der Waals surface area (Å²) in [5, 5.41) is 10.4. The van der Waals surface area contributed by atoms with Crippen molar-refractivity contribution in [1.29, 1.82) is 0 Å². The van der Waals surface area contributed by atoms with E-state index >= 15 is 0 Å². The molecule has 1 saturated heterocycles. The highest BCUT2D eigenvalue weighted by Gasteiger charge is 2.32. The first-order chi connectivity index (χ1) is 12.6. The maximum absolute atomic E-state index is 12.7. The van der Waals surface area contributed by atoms with Crippen LogP contribution in [-0.4, -0.2) is 28.9 Å². The van der Waals surface area contributed by atoms with Crippen LogP contribution in [0.1, 0.15) is 41.3 Å². The molecule has 2 heterocycles. The molecule has 0 amide bonds. The van der Waals surface area contributed by atoms with Crippen LogP contribution in [0.15, 0.2) is 48.2 Å². The molecule has 0 aromatic heterocycles. The highest BCUT2D eigenvalue weighted by molar-refractivity contribution is 6.15. The minimum atomic E-state index is -0.128. The number of hydrogen-bond donors (Lipinski definition) is 1. The van der Waals surface area contributed by atoms with Crippen LogP contribution >= 0.6 is 0 Å². The van der Waals surface area contributed by atoms with Gasteiger partial charge in [0.15, 0.2) is 5.76 Å². The van der Waals surface area contributed by atoms with Gasteiger partial charge in [-0.25, -0.2) is 0 Å². The highest BCUT2D eigenvalue weighted by Crippen LogP contribution is 2.40. The van der Waals surface area contributed by atoms with Gasteiger partial charge >= 0.3 is 0 Å². The van der Waals surface area contributed by atoms with Crippen molar-refractivity contribution in [1.82, 2.24) is 4.90 Å². The number of piperidine rings is 1. The van der Waals surface area contributed by atoms with Crippen LogP contribution in [0.25, 0.3) is 6.08 Å². The summed E-state index contributed by atoms with van der Waals surface area (Å²) in [7, 11) is 0. The molecule has 1 fully saturated rings. The third-order valence-electron chi connectivity index (χ3n) is 5.14. The molecule has 0 saturated carbocycles. The zero-order chi connectivity index (χ0) is 18.1. The molecule has 0 unspecified atom stereocenters. The fourth-order valence-corrected chi connectivity index (χ4v) is 3.80. The van der Waals surface area contributed by atoms with Crippen molar-refractivity contribution in [2.24, 2.45) is 5.92 Å². The Kier molecular flexibility index (Phi) is 4.51. The maximum atomic E-state index is 12.7. The van der Waals surface area contributed by atoms with Gasteiger partial charge in [-0.15, -0.1) is 0 Å². The number of benzene rings is 2. The molecule has 2 aliphatic heterocycles. The second kappa shape index (κ2) is 6.96. The lowest BCUT2D eigenvalue weighted by atomic mass is 9.99. The molecular weight excluding hydrogens is 326 g/mol. The van der Waals surface area contributed by atoms with Crippen molar-refractivity contribution in [3.05, 3.63) is 64.9 Å². The van der Waals surface area contributed by atoms with E-state index in [0.29, 0.717) is 35.1 Å². The Morgan fingerprint density at radius 3 is 2.81 bits per heavy atom. The topological polar surface area (TPSA) is 49.8 Å². The first kappa shape index (κ1) is 16.9. The zero-order valence-corrected chi connectivity index (χ0v) is 14.9. The van der Waals surface area contributed by atoms with E-state index in [1.54, 1.807) is 18.2 Å². The molecule has 0 spiro atoms. The zero-order valence-electron chi connectivity index (χ0n) is 14.9.